The summed E-state index contributed by atoms with van der Waals surface area (Å²) in [6, 6.07) is 8.20. The molecule has 1 N–H and O–H groups in total. The van der Waals surface area contributed by atoms with Gasteiger partial charge >= 0.3 is 0 Å². The molecule has 1 aliphatic rings. The highest BCUT2D eigenvalue weighted by atomic mass is 16.5. The van der Waals surface area contributed by atoms with Crippen molar-refractivity contribution >= 4 is 17.4 Å². The van der Waals surface area contributed by atoms with E-state index in [9.17, 15) is 14.7 Å². The normalized spacial score (nSPS) is 18.1. The van der Waals surface area contributed by atoms with Crippen molar-refractivity contribution < 1.29 is 19.4 Å². The minimum Gasteiger partial charge on any atom is -0.507 e. The number of hydrogen-bond donors (Lipinski definition) is 1. The van der Waals surface area contributed by atoms with Crippen LogP contribution in [0.1, 0.15) is 36.6 Å². The molecule has 2 heterocycles. The van der Waals surface area contributed by atoms with E-state index < -0.39 is 17.7 Å². The Morgan fingerprint density at radius 1 is 1.19 bits per heavy atom. The lowest BCUT2D eigenvalue weighted by Crippen LogP contribution is -2.35. The van der Waals surface area contributed by atoms with Crippen LogP contribution in [-0.2, 0) is 9.59 Å². The van der Waals surface area contributed by atoms with Crippen molar-refractivity contribution in [2.45, 2.75) is 26.8 Å². The highest BCUT2D eigenvalue weighted by molar-refractivity contribution is 6.46. The lowest BCUT2D eigenvalue weighted by Gasteiger charge is -2.26. The number of pyridine rings is 1. The van der Waals surface area contributed by atoms with Crippen molar-refractivity contribution in [3.63, 3.8) is 0 Å². The fourth-order valence-electron chi connectivity index (χ4n) is 3.71. The topological polar surface area (TPSA) is 83.0 Å². The van der Waals surface area contributed by atoms with E-state index in [1.165, 1.54) is 4.90 Å². The number of rotatable bonds is 8. The second-order valence-corrected chi connectivity index (χ2v) is 8.76. The van der Waals surface area contributed by atoms with Gasteiger partial charge in [0.05, 0.1) is 18.2 Å². The monoisotopic (exact) mass is 437 g/mol. The molecule has 0 spiro atoms. The molecule has 0 unspecified atom stereocenters. The molecule has 0 aliphatic carbocycles. The van der Waals surface area contributed by atoms with Gasteiger partial charge in [0.25, 0.3) is 11.7 Å². The van der Waals surface area contributed by atoms with E-state index in [4.69, 9.17) is 4.74 Å². The number of hydrogen-bond acceptors (Lipinski definition) is 6. The molecule has 32 heavy (non-hydrogen) atoms. The Kier molecular flexibility index (Phi) is 7.30. The molecule has 1 fully saturated rings. The van der Waals surface area contributed by atoms with Crippen LogP contribution < -0.4 is 4.74 Å². The summed E-state index contributed by atoms with van der Waals surface area (Å²) in [5.41, 5.74) is 2.09. The van der Waals surface area contributed by atoms with Crippen molar-refractivity contribution in [2.75, 3.05) is 33.8 Å². The lowest BCUT2D eigenvalue weighted by atomic mass is 9.94. The summed E-state index contributed by atoms with van der Waals surface area (Å²) in [7, 11) is 3.81. The summed E-state index contributed by atoms with van der Waals surface area (Å²) >= 11 is 0. The Hall–Kier alpha value is -3.19. The van der Waals surface area contributed by atoms with Gasteiger partial charge in [0.2, 0.25) is 0 Å². The molecule has 1 amide bonds. The number of aromatic nitrogens is 1. The number of aliphatic hydroxyl groups is 1. The van der Waals surface area contributed by atoms with Crippen molar-refractivity contribution in [3.05, 3.63) is 65.0 Å². The number of benzene rings is 1. The number of aryl methyl sites for hydroxylation is 1. The molecule has 170 valence electrons. The zero-order valence-electron chi connectivity index (χ0n) is 19.3. The summed E-state index contributed by atoms with van der Waals surface area (Å²) in [6.45, 7) is 7.53. The molecule has 0 radical (unpaired) electrons. The maximum atomic E-state index is 13.1. The van der Waals surface area contributed by atoms with Crippen molar-refractivity contribution in [1.29, 1.82) is 0 Å². The average Bonchev–Trinajstić information content (AvgIpc) is 3.01. The maximum absolute atomic E-state index is 13.1. The van der Waals surface area contributed by atoms with Crippen LogP contribution in [0.2, 0.25) is 0 Å². The summed E-state index contributed by atoms with van der Waals surface area (Å²) in [4.78, 5) is 33.5. The Morgan fingerprint density at radius 2 is 1.88 bits per heavy atom. The number of likely N-dealkylation sites (tertiary alicyclic amines) is 1. The first-order valence-corrected chi connectivity index (χ1v) is 10.8. The van der Waals surface area contributed by atoms with Crippen molar-refractivity contribution in [1.82, 2.24) is 14.8 Å². The molecular weight excluding hydrogens is 406 g/mol. The Balaban J connectivity index is 2.06. The van der Waals surface area contributed by atoms with E-state index in [0.717, 1.165) is 11.1 Å². The SMILES string of the molecule is Cc1cc(OCC(C)C)ccc1C(O)=C1C(=O)C(=O)N(CCN(C)C)[C@@H]1c1ccncc1. The number of ketones is 1. The molecular formula is C25H31N3O4. The van der Waals surface area contributed by atoms with Crippen LogP contribution >= 0.6 is 0 Å². The first-order valence-electron chi connectivity index (χ1n) is 10.8. The zero-order valence-corrected chi connectivity index (χ0v) is 19.3. The first-order chi connectivity index (χ1) is 15.2. The zero-order chi connectivity index (χ0) is 23.4. The van der Waals surface area contributed by atoms with Gasteiger partial charge in [0.15, 0.2) is 0 Å². The molecule has 1 saturated heterocycles. The van der Waals surface area contributed by atoms with Crippen LogP contribution in [-0.4, -0.2) is 65.4 Å². The van der Waals surface area contributed by atoms with Crippen molar-refractivity contribution in [3.8, 4) is 5.75 Å². The molecule has 1 aromatic heterocycles. The smallest absolute Gasteiger partial charge is 0.295 e. The second kappa shape index (κ2) is 9.96. The molecule has 2 aromatic rings. The lowest BCUT2D eigenvalue weighted by molar-refractivity contribution is -0.140. The number of likely N-dealkylation sites (N-methyl/N-ethyl adjacent to an activating group) is 1. The van der Waals surface area contributed by atoms with Gasteiger partial charge in [-0.3, -0.25) is 14.6 Å². The molecule has 1 aromatic carbocycles. The first kappa shape index (κ1) is 23.5. The summed E-state index contributed by atoms with van der Waals surface area (Å²) in [5, 5.41) is 11.2. The van der Waals surface area contributed by atoms with E-state index in [2.05, 4.69) is 18.8 Å². The molecule has 0 bridgehead atoms. The minimum absolute atomic E-state index is 0.0962. The van der Waals surface area contributed by atoms with E-state index in [1.54, 1.807) is 36.7 Å². The fraction of sp³-hybridized carbons (Fsp3) is 0.400. The summed E-state index contributed by atoms with van der Waals surface area (Å²) in [6.07, 6.45) is 3.24. The van der Waals surface area contributed by atoms with Gasteiger partial charge in [-0.25, -0.2) is 0 Å². The van der Waals surface area contributed by atoms with E-state index in [0.29, 0.717) is 36.9 Å². The van der Waals surface area contributed by atoms with E-state index in [-0.39, 0.29) is 11.3 Å². The Bertz CT molecular complexity index is 1020. The number of carbonyl (C=O) groups excluding carboxylic acids is 2. The van der Waals surface area contributed by atoms with Gasteiger partial charge in [-0.1, -0.05) is 13.8 Å². The minimum atomic E-state index is -0.678. The Morgan fingerprint density at radius 3 is 2.47 bits per heavy atom. The van der Waals surface area contributed by atoms with Crippen molar-refractivity contribution in [2.24, 2.45) is 5.92 Å². The van der Waals surface area contributed by atoms with Gasteiger partial charge in [-0.15, -0.1) is 0 Å². The molecule has 1 aliphatic heterocycles. The molecule has 1 atom stereocenters. The third-order valence-corrected chi connectivity index (χ3v) is 5.39. The van der Waals surface area contributed by atoms with Gasteiger partial charge < -0.3 is 19.6 Å². The van der Waals surface area contributed by atoms with E-state index in [1.807, 2.05) is 32.0 Å². The number of Topliss-reactive ketones (excluding diaryl/α,β-unsaturated/α-hetero) is 1. The Labute approximate surface area is 189 Å². The van der Waals surface area contributed by atoms with Gasteiger partial charge in [0, 0.05) is 31.0 Å². The van der Waals surface area contributed by atoms with Gasteiger partial charge in [0.1, 0.15) is 11.5 Å². The van der Waals surface area contributed by atoms with Crippen LogP contribution in [0, 0.1) is 12.8 Å². The molecule has 7 nitrogen and oxygen atoms in total. The number of aliphatic hydroxyl groups excluding tert-OH is 1. The van der Waals surface area contributed by atoms with Crippen LogP contribution in [0.3, 0.4) is 0 Å². The van der Waals surface area contributed by atoms with Gasteiger partial charge in [-0.05, 0) is 68.4 Å². The number of amides is 1. The fourth-order valence-corrected chi connectivity index (χ4v) is 3.71. The van der Waals surface area contributed by atoms with Crippen LogP contribution in [0.5, 0.6) is 5.75 Å². The highest BCUT2D eigenvalue weighted by Crippen LogP contribution is 2.39. The predicted octanol–water partition coefficient (Wildman–Crippen LogP) is 3.41. The summed E-state index contributed by atoms with van der Waals surface area (Å²) in [5.74, 6) is -0.371. The van der Waals surface area contributed by atoms with Gasteiger partial charge in [-0.2, -0.15) is 0 Å². The third-order valence-electron chi connectivity index (χ3n) is 5.39. The predicted molar refractivity (Wildman–Crippen MR) is 123 cm³/mol. The van der Waals surface area contributed by atoms with Crippen LogP contribution in [0.25, 0.3) is 5.76 Å². The number of ether oxygens (including phenoxy) is 1. The van der Waals surface area contributed by atoms with E-state index >= 15 is 0 Å². The molecule has 0 saturated carbocycles. The second-order valence-electron chi connectivity index (χ2n) is 8.76. The molecule has 7 heteroatoms. The average molecular weight is 438 g/mol. The number of nitrogens with zero attached hydrogens (tertiary/aromatic N) is 3. The maximum Gasteiger partial charge on any atom is 0.295 e. The third kappa shape index (κ3) is 4.99. The van der Waals surface area contributed by atoms with Crippen LogP contribution in [0.4, 0.5) is 0 Å². The highest BCUT2D eigenvalue weighted by Gasteiger charge is 2.46. The standard InChI is InChI=1S/C25H31N3O4/c1-16(2)15-32-19-6-7-20(17(3)14-19)23(29)21-22(18-8-10-26-11-9-18)28(13-12-27(4)5)25(31)24(21)30/h6-11,14,16,22,29H,12-13,15H2,1-5H3/t22-/m1/s1. The quantitative estimate of drug-likeness (QED) is 0.387. The summed E-state index contributed by atoms with van der Waals surface area (Å²) < 4.78 is 5.77. The largest absolute Gasteiger partial charge is 0.507 e. The molecule has 3 rings (SSSR count). The van der Waals surface area contributed by atoms with Crippen LogP contribution in [0.15, 0.2) is 48.3 Å². The number of carbonyl (C=O) groups is 2.